The second-order valence-electron chi connectivity index (χ2n) is 4.45. The third kappa shape index (κ3) is 4.73. The molecule has 0 radical (unpaired) electrons. The average molecular weight is 174 g/mol. The molecule has 0 heterocycles. The Morgan fingerprint density at radius 2 is 1.92 bits per heavy atom. The molecule has 74 valence electrons. The van der Waals surface area contributed by atoms with Gasteiger partial charge in [0.15, 0.2) is 0 Å². The molecule has 0 spiro atoms. The van der Waals surface area contributed by atoms with E-state index in [1.165, 1.54) is 6.42 Å². The fraction of sp³-hybridized carbons (Fsp3) is 1.00. The van der Waals surface area contributed by atoms with E-state index in [0.717, 1.165) is 18.8 Å². The molecule has 2 nitrogen and oxygen atoms in total. The molecule has 12 heavy (non-hydrogen) atoms. The fourth-order valence-electron chi connectivity index (χ4n) is 1.64. The van der Waals surface area contributed by atoms with Gasteiger partial charge in [-0.2, -0.15) is 0 Å². The van der Waals surface area contributed by atoms with Crippen LogP contribution in [0.1, 0.15) is 47.0 Å². The summed E-state index contributed by atoms with van der Waals surface area (Å²) < 4.78 is 0. The first-order chi connectivity index (χ1) is 5.52. The van der Waals surface area contributed by atoms with E-state index in [1.54, 1.807) is 0 Å². The lowest BCUT2D eigenvalue weighted by molar-refractivity contribution is -0.243. The zero-order valence-corrected chi connectivity index (χ0v) is 8.76. The monoisotopic (exact) mass is 174 g/mol. The highest BCUT2D eigenvalue weighted by Crippen LogP contribution is 2.31. The molecular weight excluding hydrogens is 152 g/mol. The van der Waals surface area contributed by atoms with Gasteiger partial charge in [-0.3, -0.25) is 5.26 Å². The molecule has 0 bridgehead atoms. The molecule has 0 amide bonds. The van der Waals surface area contributed by atoms with E-state index in [4.69, 9.17) is 5.26 Å². The van der Waals surface area contributed by atoms with Crippen molar-refractivity contribution in [2.45, 2.75) is 47.0 Å². The Hall–Kier alpha value is -0.0800. The Morgan fingerprint density at radius 3 is 2.25 bits per heavy atom. The first kappa shape index (κ1) is 11.9. The van der Waals surface area contributed by atoms with Crippen LogP contribution in [0.2, 0.25) is 0 Å². The summed E-state index contributed by atoms with van der Waals surface area (Å²) in [6.07, 6.45) is 3.29. The Bertz CT molecular complexity index is 105. The molecule has 0 aliphatic carbocycles. The summed E-state index contributed by atoms with van der Waals surface area (Å²) in [5.41, 5.74) is 0.379. The molecule has 0 aromatic rings. The van der Waals surface area contributed by atoms with Crippen molar-refractivity contribution in [3.63, 3.8) is 0 Å². The molecule has 0 saturated carbocycles. The molecule has 0 aliphatic rings. The predicted molar refractivity (Wildman–Crippen MR) is 51.1 cm³/mol. The summed E-state index contributed by atoms with van der Waals surface area (Å²) in [5, 5.41) is 8.15. The number of hydrogen-bond acceptors (Lipinski definition) is 2. The summed E-state index contributed by atoms with van der Waals surface area (Å²) in [4.78, 5) is 4.05. The van der Waals surface area contributed by atoms with Gasteiger partial charge in [-0.15, -0.1) is 0 Å². The number of rotatable bonds is 5. The van der Waals surface area contributed by atoms with Crippen molar-refractivity contribution in [1.29, 1.82) is 0 Å². The second-order valence-corrected chi connectivity index (χ2v) is 4.45. The van der Waals surface area contributed by atoms with E-state index >= 15 is 0 Å². The van der Waals surface area contributed by atoms with Gasteiger partial charge in [-0.25, -0.2) is 4.89 Å². The van der Waals surface area contributed by atoms with Crippen LogP contribution in [0.5, 0.6) is 0 Å². The minimum absolute atomic E-state index is 0.379. The van der Waals surface area contributed by atoms with Gasteiger partial charge in [0, 0.05) is 0 Å². The maximum Gasteiger partial charge on any atom is 0.0819 e. The van der Waals surface area contributed by atoms with Gasteiger partial charge in [-0.1, -0.05) is 34.1 Å². The standard InChI is InChI=1S/C10H22O2/c1-5-9(10(2,3)4)7-6-8-12-11/h9,11H,5-8H2,1-4H3. The van der Waals surface area contributed by atoms with Gasteiger partial charge < -0.3 is 0 Å². The summed E-state index contributed by atoms with van der Waals surface area (Å²) >= 11 is 0. The van der Waals surface area contributed by atoms with Gasteiger partial charge >= 0.3 is 0 Å². The zero-order valence-electron chi connectivity index (χ0n) is 8.76. The molecule has 0 rings (SSSR count). The van der Waals surface area contributed by atoms with Gasteiger partial charge in [0.2, 0.25) is 0 Å². The van der Waals surface area contributed by atoms with Crippen molar-refractivity contribution in [3.05, 3.63) is 0 Å². The Kier molecular flexibility index (Phi) is 5.51. The van der Waals surface area contributed by atoms with Crippen LogP contribution in [0.15, 0.2) is 0 Å². The average Bonchev–Trinajstić information content (AvgIpc) is 1.95. The lowest BCUT2D eigenvalue weighted by atomic mass is 9.77. The predicted octanol–water partition coefficient (Wildman–Crippen LogP) is 3.33. The highest BCUT2D eigenvalue weighted by atomic mass is 17.1. The van der Waals surface area contributed by atoms with E-state index in [-0.39, 0.29) is 0 Å². The minimum atomic E-state index is 0.379. The van der Waals surface area contributed by atoms with Crippen molar-refractivity contribution in [1.82, 2.24) is 0 Å². The molecule has 0 aliphatic heterocycles. The van der Waals surface area contributed by atoms with Crippen LogP contribution in [0.3, 0.4) is 0 Å². The fourth-order valence-corrected chi connectivity index (χ4v) is 1.64. The SMILES string of the molecule is CCC(CCCOO)C(C)(C)C. The maximum absolute atomic E-state index is 8.15. The second kappa shape index (κ2) is 5.55. The molecule has 1 unspecified atom stereocenters. The third-order valence-electron chi connectivity index (χ3n) is 2.51. The molecule has 0 aromatic heterocycles. The minimum Gasteiger partial charge on any atom is -0.252 e. The molecule has 2 heteroatoms. The first-order valence-corrected chi connectivity index (χ1v) is 4.78. The largest absolute Gasteiger partial charge is 0.252 e. The zero-order chi connectivity index (χ0) is 9.61. The lowest BCUT2D eigenvalue weighted by Gasteiger charge is -2.29. The van der Waals surface area contributed by atoms with Crippen LogP contribution in [-0.2, 0) is 4.89 Å². The first-order valence-electron chi connectivity index (χ1n) is 4.78. The van der Waals surface area contributed by atoms with Crippen molar-refractivity contribution < 1.29 is 10.1 Å². The topological polar surface area (TPSA) is 29.5 Å². The van der Waals surface area contributed by atoms with Crippen molar-refractivity contribution in [3.8, 4) is 0 Å². The summed E-state index contributed by atoms with van der Waals surface area (Å²) in [7, 11) is 0. The summed E-state index contributed by atoms with van der Waals surface area (Å²) in [6.45, 7) is 9.48. The Morgan fingerprint density at radius 1 is 1.33 bits per heavy atom. The number of hydrogen-bond donors (Lipinski definition) is 1. The summed E-state index contributed by atoms with van der Waals surface area (Å²) in [6, 6.07) is 0. The molecular formula is C10H22O2. The maximum atomic E-state index is 8.15. The van der Waals surface area contributed by atoms with Crippen LogP contribution in [0.25, 0.3) is 0 Å². The van der Waals surface area contributed by atoms with Crippen molar-refractivity contribution in [2.75, 3.05) is 6.61 Å². The van der Waals surface area contributed by atoms with Crippen LogP contribution >= 0.6 is 0 Å². The van der Waals surface area contributed by atoms with E-state index in [2.05, 4.69) is 32.6 Å². The van der Waals surface area contributed by atoms with E-state index in [0.29, 0.717) is 12.0 Å². The van der Waals surface area contributed by atoms with Crippen LogP contribution < -0.4 is 0 Å². The molecule has 0 saturated heterocycles. The smallest absolute Gasteiger partial charge is 0.0819 e. The van der Waals surface area contributed by atoms with E-state index < -0.39 is 0 Å². The van der Waals surface area contributed by atoms with E-state index in [9.17, 15) is 0 Å². The molecule has 1 N–H and O–H groups in total. The van der Waals surface area contributed by atoms with Crippen molar-refractivity contribution in [2.24, 2.45) is 11.3 Å². The van der Waals surface area contributed by atoms with Gasteiger partial charge in [0.05, 0.1) is 6.61 Å². The Labute approximate surface area is 75.9 Å². The van der Waals surface area contributed by atoms with Gasteiger partial charge in [-0.05, 0) is 24.2 Å². The van der Waals surface area contributed by atoms with Crippen LogP contribution in [-0.4, -0.2) is 11.9 Å². The van der Waals surface area contributed by atoms with E-state index in [1.807, 2.05) is 0 Å². The summed E-state index contributed by atoms with van der Waals surface area (Å²) in [5.74, 6) is 0.729. The Balaban J connectivity index is 3.68. The van der Waals surface area contributed by atoms with Crippen molar-refractivity contribution >= 4 is 0 Å². The highest BCUT2D eigenvalue weighted by molar-refractivity contribution is 4.72. The molecule has 1 atom stereocenters. The van der Waals surface area contributed by atoms with Gasteiger partial charge in [0.1, 0.15) is 0 Å². The highest BCUT2D eigenvalue weighted by Gasteiger charge is 2.21. The van der Waals surface area contributed by atoms with Crippen LogP contribution in [0.4, 0.5) is 0 Å². The quantitative estimate of drug-likeness (QED) is 0.393. The van der Waals surface area contributed by atoms with Gasteiger partial charge in [0.25, 0.3) is 0 Å². The molecule has 0 aromatic carbocycles. The van der Waals surface area contributed by atoms with Crippen LogP contribution in [0, 0.1) is 11.3 Å². The normalized spacial score (nSPS) is 14.8. The molecule has 0 fully saturated rings. The third-order valence-corrected chi connectivity index (χ3v) is 2.51. The lowest BCUT2D eigenvalue weighted by Crippen LogP contribution is -2.20.